The average Bonchev–Trinajstić information content (AvgIpc) is 2.97. The molecule has 3 aromatic rings. The number of hydrogen-bond donors (Lipinski definition) is 5. The van der Waals surface area contributed by atoms with Gasteiger partial charge in [-0.25, -0.2) is 0 Å². The summed E-state index contributed by atoms with van der Waals surface area (Å²) in [6, 6.07) is 10.4. The normalized spacial score (nSPS) is 10.3. The summed E-state index contributed by atoms with van der Waals surface area (Å²) in [5.41, 5.74) is 7.23. The number of nitrogens with one attached hydrogen (secondary N) is 3. The highest BCUT2D eigenvalue weighted by molar-refractivity contribution is 6.03. The van der Waals surface area contributed by atoms with Gasteiger partial charge in [0.05, 0.1) is 11.9 Å². The third-order valence-electron chi connectivity index (χ3n) is 3.31. The Morgan fingerprint density at radius 1 is 1.29 bits per heavy atom. The van der Waals surface area contributed by atoms with Gasteiger partial charge in [-0.2, -0.15) is 5.10 Å². The molecule has 6 N–H and O–H groups in total. The Labute approximate surface area is 137 Å². The molecule has 3 rings (SSSR count). The number of phenols is 1. The van der Waals surface area contributed by atoms with Gasteiger partial charge in [0, 0.05) is 12.7 Å². The summed E-state index contributed by atoms with van der Waals surface area (Å²) < 4.78 is 0. The van der Waals surface area contributed by atoms with E-state index in [2.05, 4.69) is 25.8 Å². The number of rotatable bonds is 6. The fourth-order valence-corrected chi connectivity index (χ4v) is 2.23. The lowest BCUT2D eigenvalue weighted by Crippen LogP contribution is -2.15. The molecular formula is C16H16N6O2. The van der Waals surface area contributed by atoms with Crippen molar-refractivity contribution in [2.24, 2.45) is 5.73 Å². The first-order valence-electron chi connectivity index (χ1n) is 7.20. The van der Waals surface area contributed by atoms with Gasteiger partial charge in [0.1, 0.15) is 17.1 Å². The number of nitrogens with two attached hydrogens (primary N) is 1. The molecule has 0 atom stereocenters. The molecule has 8 nitrogen and oxygen atoms in total. The first-order chi connectivity index (χ1) is 11.6. The van der Waals surface area contributed by atoms with Crippen molar-refractivity contribution in [1.82, 2.24) is 15.2 Å². The summed E-state index contributed by atoms with van der Waals surface area (Å²) in [5, 5.41) is 22.4. The van der Waals surface area contributed by atoms with Crippen LogP contribution in [0.15, 0.2) is 48.8 Å². The van der Waals surface area contributed by atoms with E-state index in [-0.39, 0.29) is 11.3 Å². The number of anilines is 3. The van der Waals surface area contributed by atoms with Crippen LogP contribution in [0.5, 0.6) is 5.75 Å². The molecule has 0 bridgehead atoms. The van der Waals surface area contributed by atoms with Crippen LogP contribution in [0.2, 0.25) is 0 Å². The molecule has 2 aromatic heterocycles. The smallest absolute Gasteiger partial charge is 0.256 e. The summed E-state index contributed by atoms with van der Waals surface area (Å²) in [5.74, 6) is 0.269. The second-order valence-corrected chi connectivity index (χ2v) is 5.08. The minimum absolute atomic E-state index is 0.172. The van der Waals surface area contributed by atoms with Gasteiger partial charge in [0.2, 0.25) is 0 Å². The Hall–Kier alpha value is -3.55. The minimum atomic E-state index is -0.617. The molecule has 0 saturated heterocycles. The van der Waals surface area contributed by atoms with E-state index in [4.69, 9.17) is 5.73 Å². The maximum atomic E-state index is 11.8. The number of carbonyl (C=O) groups is 1. The monoisotopic (exact) mass is 324 g/mol. The van der Waals surface area contributed by atoms with Gasteiger partial charge in [-0.3, -0.25) is 14.9 Å². The Balaban J connectivity index is 1.80. The number of H-pyrrole nitrogens is 1. The molecule has 0 spiro atoms. The van der Waals surface area contributed by atoms with E-state index in [1.807, 2.05) is 6.07 Å². The topological polar surface area (TPSA) is 129 Å². The van der Waals surface area contributed by atoms with Crippen LogP contribution < -0.4 is 16.4 Å². The molecule has 2 heterocycles. The zero-order valence-corrected chi connectivity index (χ0v) is 12.7. The standard InChI is InChI=1S/C16H16N6O2/c17-14(24)13-15(19-8-10-3-1-5-12(23)7-10)21-22-16(13)20-11-4-2-6-18-9-11/h1-7,9,23H,8H2,(H2,17,24)(H3,19,20,21,22). The van der Waals surface area contributed by atoms with Crippen LogP contribution in [0, 0.1) is 0 Å². The Kier molecular flexibility index (Phi) is 4.28. The number of primary amides is 1. The molecule has 0 radical (unpaired) electrons. The van der Waals surface area contributed by atoms with Crippen molar-refractivity contribution in [1.29, 1.82) is 0 Å². The number of aromatic hydroxyl groups is 1. The second kappa shape index (κ2) is 6.69. The van der Waals surface area contributed by atoms with Crippen molar-refractivity contribution in [3.63, 3.8) is 0 Å². The highest BCUT2D eigenvalue weighted by Crippen LogP contribution is 2.24. The van der Waals surface area contributed by atoms with E-state index >= 15 is 0 Å². The maximum absolute atomic E-state index is 11.8. The van der Waals surface area contributed by atoms with E-state index in [0.717, 1.165) is 5.56 Å². The summed E-state index contributed by atoms with van der Waals surface area (Å²) >= 11 is 0. The predicted molar refractivity (Wildman–Crippen MR) is 90.1 cm³/mol. The van der Waals surface area contributed by atoms with E-state index < -0.39 is 5.91 Å². The fraction of sp³-hybridized carbons (Fsp3) is 0.0625. The molecule has 24 heavy (non-hydrogen) atoms. The molecule has 8 heteroatoms. The van der Waals surface area contributed by atoms with Gasteiger partial charge in [-0.1, -0.05) is 12.1 Å². The summed E-state index contributed by atoms with van der Waals surface area (Å²) in [6.45, 7) is 0.381. The molecule has 0 aliphatic rings. The van der Waals surface area contributed by atoms with Crippen LogP contribution in [0.4, 0.5) is 17.3 Å². The summed E-state index contributed by atoms with van der Waals surface area (Å²) in [6.07, 6.45) is 3.26. The van der Waals surface area contributed by atoms with Crippen molar-refractivity contribution >= 4 is 23.2 Å². The summed E-state index contributed by atoms with van der Waals surface area (Å²) in [4.78, 5) is 15.8. The maximum Gasteiger partial charge on any atom is 0.256 e. The Morgan fingerprint density at radius 2 is 2.17 bits per heavy atom. The number of nitrogens with zero attached hydrogens (tertiary/aromatic N) is 2. The average molecular weight is 324 g/mol. The molecule has 122 valence electrons. The summed E-state index contributed by atoms with van der Waals surface area (Å²) in [7, 11) is 0. The third kappa shape index (κ3) is 3.43. The fourth-order valence-electron chi connectivity index (χ4n) is 2.23. The SMILES string of the molecule is NC(=O)c1c(NCc2cccc(O)c2)n[nH]c1Nc1cccnc1. The largest absolute Gasteiger partial charge is 0.508 e. The number of carbonyl (C=O) groups excluding carboxylic acids is 1. The zero-order chi connectivity index (χ0) is 16.9. The molecular weight excluding hydrogens is 308 g/mol. The lowest BCUT2D eigenvalue weighted by atomic mass is 10.2. The predicted octanol–water partition coefficient (Wildman–Crippen LogP) is 1.96. The lowest BCUT2D eigenvalue weighted by Gasteiger charge is -2.07. The van der Waals surface area contributed by atoms with E-state index in [9.17, 15) is 9.90 Å². The van der Waals surface area contributed by atoms with Crippen LogP contribution in [0.3, 0.4) is 0 Å². The van der Waals surface area contributed by atoms with Gasteiger partial charge >= 0.3 is 0 Å². The molecule has 0 fully saturated rings. The Morgan fingerprint density at radius 3 is 2.88 bits per heavy atom. The second-order valence-electron chi connectivity index (χ2n) is 5.08. The number of phenolic OH excluding ortho intramolecular Hbond substituents is 1. The first kappa shape index (κ1) is 15.3. The zero-order valence-electron chi connectivity index (χ0n) is 12.7. The van der Waals surface area contributed by atoms with Gasteiger partial charge in [-0.15, -0.1) is 0 Å². The molecule has 0 aliphatic heterocycles. The molecule has 0 unspecified atom stereocenters. The van der Waals surface area contributed by atoms with Crippen LogP contribution in [0.25, 0.3) is 0 Å². The van der Waals surface area contributed by atoms with E-state index in [1.165, 1.54) is 0 Å². The van der Waals surface area contributed by atoms with Crippen molar-refractivity contribution in [3.05, 3.63) is 59.9 Å². The van der Waals surface area contributed by atoms with Gasteiger partial charge in [0.25, 0.3) is 5.91 Å². The number of amides is 1. The van der Waals surface area contributed by atoms with Gasteiger partial charge in [0.15, 0.2) is 5.82 Å². The van der Waals surface area contributed by atoms with Crippen molar-refractivity contribution < 1.29 is 9.90 Å². The van der Waals surface area contributed by atoms with Crippen LogP contribution in [-0.2, 0) is 6.54 Å². The van der Waals surface area contributed by atoms with Gasteiger partial charge < -0.3 is 21.5 Å². The van der Waals surface area contributed by atoms with E-state index in [1.54, 1.807) is 42.7 Å². The molecule has 0 saturated carbocycles. The minimum Gasteiger partial charge on any atom is -0.508 e. The number of pyridine rings is 1. The van der Waals surface area contributed by atoms with Gasteiger partial charge in [-0.05, 0) is 29.8 Å². The highest BCUT2D eigenvalue weighted by Gasteiger charge is 2.18. The van der Waals surface area contributed by atoms with Crippen LogP contribution in [-0.4, -0.2) is 26.2 Å². The van der Waals surface area contributed by atoms with Crippen LogP contribution in [0.1, 0.15) is 15.9 Å². The quantitative estimate of drug-likeness (QED) is 0.471. The van der Waals surface area contributed by atoms with Crippen molar-refractivity contribution in [2.45, 2.75) is 6.54 Å². The number of benzene rings is 1. The van der Waals surface area contributed by atoms with Crippen LogP contribution >= 0.6 is 0 Å². The first-order valence-corrected chi connectivity index (χ1v) is 7.20. The third-order valence-corrected chi connectivity index (χ3v) is 3.31. The highest BCUT2D eigenvalue weighted by atomic mass is 16.3. The number of aromatic nitrogens is 3. The molecule has 1 aromatic carbocycles. The van der Waals surface area contributed by atoms with Crippen molar-refractivity contribution in [3.8, 4) is 5.75 Å². The molecule has 0 aliphatic carbocycles. The molecule has 1 amide bonds. The number of hydrogen-bond acceptors (Lipinski definition) is 6. The Bertz CT molecular complexity index is 847. The lowest BCUT2D eigenvalue weighted by molar-refractivity contribution is 0.100. The van der Waals surface area contributed by atoms with E-state index in [0.29, 0.717) is 23.9 Å². The van der Waals surface area contributed by atoms with Crippen molar-refractivity contribution in [2.75, 3.05) is 10.6 Å². The number of aromatic amines is 1.